The first-order valence-corrected chi connectivity index (χ1v) is 6.45. The first kappa shape index (κ1) is 15.0. The molecule has 108 valence electrons. The van der Waals surface area contributed by atoms with E-state index in [4.69, 9.17) is 10.5 Å². The van der Waals surface area contributed by atoms with E-state index in [1.807, 2.05) is 12.1 Å². The SMILES string of the molecule is Cl.NCC(O)C1CCc2cc(F)c3ccccc3c2O1. The largest absolute Gasteiger partial charge is 0.487 e. The normalized spacial score (nSPS) is 18.9. The van der Waals surface area contributed by atoms with Crippen LogP contribution in [0.15, 0.2) is 30.3 Å². The number of benzene rings is 2. The minimum absolute atomic E-state index is 0. The van der Waals surface area contributed by atoms with Gasteiger partial charge in [-0.25, -0.2) is 4.39 Å². The number of aryl methyl sites for hydroxylation is 1. The van der Waals surface area contributed by atoms with Crippen molar-refractivity contribution in [2.75, 3.05) is 6.54 Å². The smallest absolute Gasteiger partial charge is 0.131 e. The Morgan fingerprint density at radius 1 is 1.35 bits per heavy atom. The van der Waals surface area contributed by atoms with E-state index in [-0.39, 0.29) is 30.9 Å². The Balaban J connectivity index is 0.00000147. The first-order valence-electron chi connectivity index (χ1n) is 6.45. The molecule has 0 fully saturated rings. The summed E-state index contributed by atoms with van der Waals surface area (Å²) in [6.07, 6.45) is 0.352. The minimum Gasteiger partial charge on any atom is -0.487 e. The fraction of sp³-hybridized carbons (Fsp3) is 0.333. The molecule has 3 nitrogen and oxygen atoms in total. The lowest BCUT2D eigenvalue weighted by atomic mass is 9.95. The molecule has 0 bridgehead atoms. The van der Waals surface area contributed by atoms with Crippen LogP contribution in [0, 0.1) is 5.82 Å². The van der Waals surface area contributed by atoms with Crippen LogP contribution in [-0.4, -0.2) is 23.9 Å². The Morgan fingerprint density at radius 3 is 2.75 bits per heavy atom. The molecule has 2 atom stereocenters. The topological polar surface area (TPSA) is 55.5 Å². The molecule has 1 heterocycles. The molecule has 2 aromatic carbocycles. The summed E-state index contributed by atoms with van der Waals surface area (Å²) >= 11 is 0. The zero-order valence-electron chi connectivity index (χ0n) is 10.9. The van der Waals surface area contributed by atoms with Crippen molar-refractivity contribution in [2.24, 2.45) is 5.73 Å². The molecule has 0 aliphatic carbocycles. The number of hydrogen-bond acceptors (Lipinski definition) is 3. The quantitative estimate of drug-likeness (QED) is 0.895. The molecular formula is C15H17ClFNO2. The van der Waals surface area contributed by atoms with Gasteiger partial charge in [0.05, 0.1) is 0 Å². The summed E-state index contributed by atoms with van der Waals surface area (Å²) in [5.74, 6) is 0.455. The number of aliphatic hydroxyl groups is 1. The van der Waals surface area contributed by atoms with Crippen LogP contribution >= 0.6 is 12.4 Å². The highest BCUT2D eigenvalue weighted by Crippen LogP contribution is 2.37. The summed E-state index contributed by atoms with van der Waals surface area (Å²) in [6.45, 7) is 0.166. The lowest BCUT2D eigenvalue weighted by Gasteiger charge is -2.30. The summed E-state index contributed by atoms with van der Waals surface area (Å²) in [5, 5.41) is 11.1. The van der Waals surface area contributed by atoms with Gasteiger partial charge in [-0.1, -0.05) is 24.3 Å². The average molecular weight is 298 g/mol. The maximum Gasteiger partial charge on any atom is 0.131 e. The van der Waals surface area contributed by atoms with Gasteiger partial charge >= 0.3 is 0 Å². The molecular weight excluding hydrogens is 281 g/mol. The Kier molecular flexibility index (Phi) is 4.48. The van der Waals surface area contributed by atoms with Crippen molar-refractivity contribution in [3.8, 4) is 5.75 Å². The summed E-state index contributed by atoms with van der Waals surface area (Å²) in [7, 11) is 0. The predicted octanol–water partition coefficient (Wildman–Crippen LogP) is 2.41. The van der Waals surface area contributed by atoms with Crippen molar-refractivity contribution in [1.29, 1.82) is 0 Å². The van der Waals surface area contributed by atoms with Gasteiger partial charge in [0.15, 0.2) is 0 Å². The van der Waals surface area contributed by atoms with Crippen molar-refractivity contribution in [3.05, 3.63) is 41.7 Å². The summed E-state index contributed by atoms with van der Waals surface area (Å²) in [5.41, 5.74) is 6.33. The van der Waals surface area contributed by atoms with Crippen molar-refractivity contribution < 1.29 is 14.2 Å². The van der Waals surface area contributed by atoms with E-state index in [1.54, 1.807) is 12.1 Å². The highest BCUT2D eigenvalue weighted by molar-refractivity contribution is 5.90. The van der Waals surface area contributed by atoms with Crippen molar-refractivity contribution in [3.63, 3.8) is 0 Å². The monoisotopic (exact) mass is 297 g/mol. The van der Waals surface area contributed by atoms with Crippen molar-refractivity contribution in [2.45, 2.75) is 25.0 Å². The van der Waals surface area contributed by atoms with E-state index in [0.717, 1.165) is 10.9 Å². The molecule has 3 rings (SSSR count). The van der Waals surface area contributed by atoms with Gasteiger partial charge in [-0.15, -0.1) is 12.4 Å². The van der Waals surface area contributed by atoms with Gasteiger partial charge in [0.2, 0.25) is 0 Å². The molecule has 0 amide bonds. The predicted molar refractivity (Wildman–Crippen MR) is 79.0 cm³/mol. The molecule has 20 heavy (non-hydrogen) atoms. The fourth-order valence-electron chi connectivity index (χ4n) is 2.61. The van der Waals surface area contributed by atoms with E-state index in [9.17, 15) is 9.50 Å². The van der Waals surface area contributed by atoms with E-state index in [2.05, 4.69) is 0 Å². The van der Waals surface area contributed by atoms with Crippen LogP contribution in [0.3, 0.4) is 0 Å². The molecule has 0 aromatic heterocycles. The van der Waals surface area contributed by atoms with Crippen LogP contribution in [0.2, 0.25) is 0 Å². The third-order valence-electron chi connectivity index (χ3n) is 3.66. The Hall–Kier alpha value is -1.36. The van der Waals surface area contributed by atoms with Gasteiger partial charge in [0.1, 0.15) is 23.8 Å². The van der Waals surface area contributed by atoms with Crippen LogP contribution in [0.1, 0.15) is 12.0 Å². The molecule has 0 saturated heterocycles. The third-order valence-corrected chi connectivity index (χ3v) is 3.66. The van der Waals surface area contributed by atoms with Crippen LogP contribution < -0.4 is 10.5 Å². The number of rotatable bonds is 2. The summed E-state index contributed by atoms with van der Waals surface area (Å²) in [6, 6.07) is 8.76. The van der Waals surface area contributed by atoms with E-state index >= 15 is 0 Å². The lowest BCUT2D eigenvalue weighted by molar-refractivity contribution is 0.0307. The van der Waals surface area contributed by atoms with Crippen molar-refractivity contribution in [1.82, 2.24) is 0 Å². The van der Waals surface area contributed by atoms with Gasteiger partial charge < -0.3 is 15.6 Å². The highest BCUT2D eigenvalue weighted by Gasteiger charge is 2.27. The second kappa shape index (κ2) is 5.95. The standard InChI is InChI=1S/C15H16FNO2.ClH/c16-12-7-9-5-6-14(13(18)8-17)19-15(9)11-4-2-1-3-10(11)12;/h1-4,7,13-14,18H,5-6,8,17H2;1H. The van der Waals surface area contributed by atoms with Gasteiger partial charge in [0.25, 0.3) is 0 Å². The van der Waals surface area contributed by atoms with E-state index in [1.165, 1.54) is 6.07 Å². The van der Waals surface area contributed by atoms with Gasteiger partial charge in [-0.05, 0) is 24.5 Å². The molecule has 2 aromatic rings. The Morgan fingerprint density at radius 2 is 2.05 bits per heavy atom. The number of halogens is 2. The molecule has 1 aliphatic heterocycles. The van der Waals surface area contributed by atoms with Gasteiger partial charge in [-0.2, -0.15) is 0 Å². The summed E-state index contributed by atoms with van der Waals surface area (Å²) < 4.78 is 19.8. The number of aliphatic hydroxyl groups excluding tert-OH is 1. The molecule has 0 radical (unpaired) electrons. The number of hydrogen-bond donors (Lipinski definition) is 2. The first-order chi connectivity index (χ1) is 9.20. The second-order valence-corrected chi connectivity index (χ2v) is 4.89. The number of fused-ring (bicyclic) bond motifs is 3. The molecule has 5 heteroatoms. The maximum absolute atomic E-state index is 14.0. The van der Waals surface area contributed by atoms with Crippen LogP contribution in [0.5, 0.6) is 5.75 Å². The highest BCUT2D eigenvalue weighted by atomic mass is 35.5. The van der Waals surface area contributed by atoms with E-state index in [0.29, 0.717) is 24.0 Å². The van der Waals surface area contributed by atoms with Crippen LogP contribution in [0.25, 0.3) is 10.8 Å². The second-order valence-electron chi connectivity index (χ2n) is 4.89. The average Bonchev–Trinajstić information content (AvgIpc) is 2.46. The van der Waals surface area contributed by atoms with Crippen LogP contribution in [-0.2, 0) is 6.42 Å². The number of nitrogens with two attached hydrogens (primary N) is 1. The fourth-order valence-corrected chi connectivity index (χ4v) is 2.61. The van der Waals surface area contributed by atoms with Gasteiger partial charge in [-0.3, -0.25) is 0 Å². The Labute approximate surface area is 122 Å². The Bertz CT molecular complexity index is 620. The molecule has 1 aliphatic rings. The van der Waals surface area contributed by atoms with E-state index < -0.39 is 6.10 Å². The summed E-state index contributed by atoms with van der Waals surface area (Å²) in [4.78, 5) is 0. The minimum atomic E-state index is -0.683. The van der Waals surface area contributed by atoms with Crippen molar-refractivity contribution >= 4 is 23.2 Å². The zero-order valence-corrected chi connectivity index (χ0v) is 11.7. The number of ether oxygens (including phenoxy) is 1. The maximum atomic E-state index is 14.0. The molecule has 2 unspecified atom stereocenters. The molecule has 0 saturated carbocycles. The zero-order chi connectivity index (χ0) is 13.4. The lowest BCUT2D eigenvalue weighted by Crippen LogP contribution is -2.39. The molecule has 3 N–H and O–H groups in total. The molecule has 0 spiro atoms. The van der Waals surface area contributed by atoms with Crippen LogP contribution in [0.4, 0.5) is 4.39 Å². The van der Waals surface area contributed by atoms with Gasteiger partial charge in [0, 0.05) is 17.3 Å². The third kappa shape index (κ3) is 2.46.